The first-order chi connectivity index (χ1) is 15.4. The molecular formula is C27H34N2O3. The zero-order chi connectivity index (χ0) is 22.6. The van der Waals surface area contributed by atoms with E-state index >= 15 is 0 Å². The highest BCUT2D eigenvalue weighted by Crippen LogP contribution is 2.33. The maximum absolute atomic E-state index is 13.0. The van der Waals surface area contributed by atoms with Crippen LogP contribution in [0.1, 0.15) is 48.2 Å². The van der Waals surface area contributed by atoms with Crippen LogP contribution in [0.15, 0.2) is 54.6 Å². The Hall–Kier alpha value is -2.50. The van der Waals surface area contributed by atoms with Gasteiger partial charge in [-0.1, -0.05) is 42.5 Å². The summed E-state index contributed by atoms with van der Waals surface area (Å²) in [5.41, 5.74) is 2.90. The van der Waals surface area contributed by atoms with E-state index in [2.05, 4.69) is 24.0 Å². The van der Waals surface area contributed by atoms with Crippen molar-refractivity contribution in [3.05, 3.63) is 71.3 Å². The Morgan fingerprint density at radius 1 is 1.03 bits per heavy atom. The van der Waals surface area contributed by atoms with E-state index in [0.29, 0.717) is 19.5 Å². The van der Waals surface area contributed by atoms with Crippen LogP contribution in [0.2, 0.25) is 0 Å². The predicted molar refractivity (Wildman–Crippen MR) is 126 cm³/mol. The number of carbonyl (C=O) groups excluding carboxylic acids is 2. The second kappa shape index (κ2) is 9.97. The molecule has 2 aliphatic heterocycles. The average molecular weight is 435 g/mol. The van der Waals surface area contributed by atoms with Crippen molar-refractivity contribution in [1.82, 2.24) is 9.80 Å². The van der Waals surface area contributed by atoms with E-state index in [4.69, 9.17) is 4.74 Å². The summed E-state index contributed by atoms with van der Waals surface area (Å²) in [4.78, 5) is 28.9. The number of hydrogen-bond donors (Lipinski definition) is 0. The van der Waals surface area contributed by atoms with Crippen LogP contribution >= 0.6 is 0 Å². The van der Waals surface area contributed by atoms with E-state index in [9.17, 15) is 9.59 Å². The highest BCUT2D eigenvalue weighted by atomic mass is 16.5. The lowest BCUT2D eigenvalue weighted by Gasteiger charge is -2.49. The van der Waals surface area contributed by atoms with Gasteiger partial charge in [-0.2, -0.15) is 0 Å². The number of ketones is 1. The van der Waals surface area contributed by atoms with Crippen LogP contribution in [-0.4, -0.2) is 65.9 Å². The molecule has 0 N–H and O–H groups in total. The maximum Gasteiger partial charge on any atom is 0.254 e. The Labute approximate surface area is 191 Å². The highest BCUT2D eigenvalue weighted by molar-refractivity contribution is 5.94. The van der Waals surface area contributed by atoms with Crippen molar-refractivity contribution in [3.63, 3.8) is 0 Å². The molecule has 2 aliphatic rings. The fourth-order valence-corrected chi connectivity index (χ4v) is 5.07. The van der Waals surface area contributed by atoms with Gasteiger partial charge in [0, 0.05) is 38.2 Å². The second-order valence-corrected chi connectivity index (χ2v) is 9.45. The van der Waals surface area contributed by atoms with Gasteiger partial charge >= 0.3 is 0 Å². The van der Waals surface area contributed by atoms with Gasteiger partial charge < -0.3 is 14.5 Å². The summed E-state index contributed by atoms with van der Waals surface area (Å²) in [6.45, 7) is 8.00. The van der Waals surface area contributed by atoms with Crippen LogP contribution < -0.4 is 0 Å². The topological polar surface area (TPSA) is 49.9 Å². The van der Waals surface area contributed by atoms with Crippen molar-refractivity contribution in [2.45, 2.75) is 51.2 Å². The third-order valence-electron chi connectivity index (χ3n) is 6.64. The molecule has 0 aromatic heterocycles. The molecule has 2 fully saturated rings. The van der Waals surface area contributed by atoms with Crippen molar-refractivity contribution in [2.24, 2.45) is 0 Å². The molecular weight excluding hydrogens is 400 g/mol. The van der Waals surface area contributed by atoms with E-state index in [1.165, 1.54) is 5.56 Å². The SMILES string of the molecule is CC(=O)Cc1cccc(CCN2CCC3(CC2)CN(C(=O)c2ccccc2)CC(C)O3)c1. The first-order valence-corrected chi connectivity index (χ1v) is 11.7. The van der Waals surface area contributed by atoms with Crippen LogP contribution in [0.4, 0.5) is 0 Å². The molecule has 2 aromatic carbocycles. The molecule has 1 spiro atoms. The van der Waals surface area contributed by atoms with E-state index in [1.807, 2.05) is 47.4 Å². The molecule has 0 aliphatic carbocycles. The Morgan fingerprint density at radius 2 is 1.75 bits per heavy atom. The number of likely N-dealkylation sites (tertiary alicyclic amines) is 1. The normalized spacial score (nSPS) is 20.9. The molecule has 32 heavy (non-hydrogen) atoms. The van der Waals surface area contributed by atoms with Crippen molar-refractivity contribution in [1.29, 1.82) is 0 Å². The van der Waals surface area contributed by atoms with Crippen LogP contribution in [-0.2, 0) is 22.4 Å². The summed E-state index contributed by atoms with van der Waals surface area (Å²) in [5.74, 6) is 0.304. The summed E-state index contributed by atoms with van der Waals surface area (Å²) in [6.07, 6.45) is 3.43. The molecule has 2 saturated heterocycles. The highest BCUT2D eigenvalue weighted by Gasteiger charge is 2.43. The van der Waals surface area contributed by atoms with E-state index in [0.717, 1.165) is 50.0 Å². The number of benzene rings is 2. The van der Waals surface area contributed by atoms with E-state index < -0.39 is 0 Å². The van der Waals surface area contributed by atoms with Crippen molar-refractivity contribution >= 4 is 11.7 Å². The second-order valence-electron chi connectivity index (χ2n) is 9.45. The monoisotopic (exact) mass is 434 g/mol. The van der Waals surface area contributed by atoms with E-state index in [1.54, 1.807) is 6.92 Å². The first-order valence-electron chi connectivity index (χ1n) is 11.7. The van der Waals surface area contributed by atoms with Crippen LogP contribution in [0.25, 0.3) is 0 Å². The number of Topliss-reactive ketones (excluding diaryl/α,β-unsaturated/α-hetero) is 1. The number of carbonyl (C=O) groups is 2. The largest absolute Gasteiger partial charge is 0.368 e. The molecule has 2 aromatic rings. The van der Waals surface area contributed by atoms with Crippen molar-refractivity contribution < 1.29 is 14.3 Å². The van der Waals surface area contributed by atoms with E-state index in [-0.39, 0.29) is 23.4 Å². The minimum absolute atomic E-state index is 0.0481. The molecule has 0 bridgehead atoms. The van der Waals surface area contributed by atoms with Gasteiger partial charge in [-0.3, -0.25) is 9.59 Å². The molecule has 5 heteroatoms. The van der Waals surface area contributed by atoms with Crippen LogP contribution in [0.5, 0.6) is 0 Å². The van der Waals surface area contributed by atoms with Crippen LogP contribution in [0.3, 0.4) is 0 Å². The molecule has 0 radical (unpaired) electrons. The van der Waals surface area contributed by atoms with Gasteiger partial charge in [0.15, 0.2) is 0 Å². The first kappa shape index (κ1) is 22.7. The van der Waals surface area contributed by atoms with Gasteiger partial charge in [0.05, 0.1) is 18.2 Å². The summed E-state index contributed by atoms with van der Waals surface area (Å²) in [6, 6.07) is 17.9. The van der Waals surface area contributed by atoms with Gasteiger partial charge in [-0.05, 0) is 56.4 Å². The fraction of sp³-hybridized carbons (Fsp3) is 0.481. The lowest BCUT2D eigenvalue weighted by Crippen LogP contribution is -2.60. The zero-order valence-electron chi connectivity index (χ0n) is 19.3. The fourth-order valence-electron chi connectivity index (χ4n) is 5.07. The molecule has 170 valence electrons. The van der Waals surface area contributed by atoms with Crippen LogP contribution in [0, 0.1) is 0 Å². The number of nitrogens with zero attached hydrogens (tertiary/aromatic N) is 2. The Morgan fingerprint density at radius 3 is 2.47 bits per heavy atom. The number of ether oxygens (including phenoxy) is 1. The van der Waals surface area contributed by atoms with Gasteiger partial charge in [0.2, 0.25) is 0 Å². The Bertz CT molecular complexity index is 935. The molecule has 1 amide bonds. The minimum Gasteiger partial charge on any atom is -0.368 e. The number of amides is 1. The zero-order valence-corrected chi connectivity index (χ0v) is 19.3. The maximum atomic E-state index is 13.0. The molecule has 4 rings (SSSR count). The number of hydrogen-bond acceptors (Lipinski definition) is 4. The Balaban J connectivity index is 1.32. The van der Waals surface area contributed by atoms with Gasteiger partial charge in [-0.25, -0.2) is 0 Å². The quantitative estimate of drug-likeness (QED) is 0.695. The smallest absolute Gasteiger partial charge is 0.254 e. The summed E-state index contributed by atoms with van der Waals surface area (Å²) in [5, 5.41) is 0. The molecule has 5 nitrogen and oxygen atoms in total. The van der Waals surface area contributed by atoms with Gasteiger partial charge in [0.25, 0.3) is 5.91 Å². The minimum atomic E-state index is -0.236. The predicted octanol–water partition coefficient (Wildman–Crippen LogP) is 3.76. The average Bonchev–Trinajstić information content (AvgIpc) is 2.78. The molecule has 2 heterocycles. The molecule has 1 unspecified atom stereocenters. The third kappa shape index (κ3) is 5.64. The van der Waals surface area contributed by atoms with Crippen molar-refractivity contribution in [2.75, 3.05) is 32.7 Å². The van der Waals surface area contributed by atoms with Gasteiger partial charge in [-0.15, -0.1) is 0 Å². The van der Waals surface area contributed by atoms with Crippen molar-refractivity contribution in [3.8, 4) is 0 Å². The lowest BCUT2D eigenvalue weighted by atomic mass is 9.88. The Kier molecular flexibility index (Phi) is 7.07. The molecule has 0 saturated carbocycles. The number of rotatable bonds is 6. The third-order valence-corrected chi connectivity index (χ3v) is 6.64. The number of piperidine rings is 1. The molecule has 1 atom stereocenters. The van der Waals surface area contributed by atoms with Gasteiger partial charge in [0.1, 0.15) is 5.78 Å². The summed E-state index contributed by atoms with van der Waals surface area (Å²) >= 11 is 0. The summed E-state index contributed by atoms with van der Waals surface area (Å²) < 4.78 is 6.44. The standard InChI is InChI=1S/C27H34N2O3/c1-21(30)17-24-8-6-7-23(18-24)11-14-28-15-12-27(13-16-28)20-29(19-22(2)32-27)26(31)25-9-4-3-5-10-25/h3-10,18,22H,11-17,19-20H2,1-2H3. The lowest BCUT2D eigenvalue weighted by molar-refractivity contribution is -0.161. The summed E-state index contributed by atoms with van der Waals surface area (Å²) in [7, 11) is 0. The number of morpholine rings is 1.